The van der Waals surface area contributed by atoms with Gasteiger partial charge < -0.3 is 14.2 Å². The number of nitrogens with zero attached hydrogens (tertiary/aromatic N) is 5. The molecule has 1 aliphatic rings. The fourth-order valence-corrected chi connectivity index (χ4v) is 3.67. The van der Waals surface area contributed by atoms with Crippen LogP contribution in [0, 0.1) is 13.8 Å². The Morgan fingerprint density at radius 1 is 1.14 bits per heavy atom. The van der Waals surface area contributed by atoms with E-state index in [2.05, 4.69) is 20.1 Å². The Bertz CT molecular complexity index is 1050. The maximum atomic E-state index is 12.8. The maximum absolute atomic E-state index is 12.8. The number of aryl methyl sites for hydroxylation is 2. The summed E-state index contributed by atoms with van der Waals surface area (Å²) in [6, 6.07) is 5.50. The Hall–Kier alpha value is -3.00. The van der Waals surface area contributed by atoms with Crippen molar-refractivity contribution in [1.29, 1.82) is 0 Å². The first-order valence-electron chi connectivity index (χ1n) is 9.76. The molecule has 8 nitrogen and oxygen atoms in total. The molecule has 2 atom stereocenters. The topological polar surface area (TPSA) is 86.3 Å². The van der Waals surface area contributed by atoms with E-state index in [0.717, 1.165) is 35.6 Å². The Labute approximate surface area is 169 Å². The van der Waals surface area contributed by atoms with Gasteiger partial charge in [0.25, 0.3) is 5.56 Å². The maximum Gasteiger partial charge on any atom is 0.269 e. The van der Waals surface area contributed by atoms with Crippen LogP contribution in [0.25, 0.3) is 11.3 Å². The third kappa shape index (κ3) is 4.07. The van der Waals surface area contributed by atoms with Crippen LogP contribution in [0.15, 0.2) is 39.9 Å². The van der Waals surface area contributed by atoms with Gasteiger partial charge in [0.1, 0.15) is 11.5 Å². The van der Waals surface area contributed by atoms with Crippen LogP contribution in [0.3, 0.4) is 0 Å². The standard InChI is InChI=1S/C21H25N5O3/c1-13-5-6-17(8-22-13)21-19(16(4)29-24-21)12-26-20(27)7-18(9-23-26)25-10-14(2)28-15(3)11-25/h5-9,14-15H,10-12H2,1-4H3/t14-,15-/m0/s1. The summed E-state index contributed by atoms with van der Waals surface area (Å²) in [6.07, 6.45) is 3.73. The number of hydrogen-bond acceptors (Lipinski definition) is 7. The van der Waals surface area contributed by atoms with Crippen molar-refractivity contribution in [3.63, 3.8) is 0 Å². The average molecular weight is 395 g/mol. The fourth-order valence-electron chi connectivity index (χ4n) is 3.67. The Balaban J connectivity index is 1.60. The minimum Gasteiger partial charge on any atom is -0.372 e. The molecule has 1 saturated heterocycles. The van der Waals surface area contributed by atoms with Crippen LogP contribution in [0.2, 0.25) is 0 Å². The van der Waals surface area contributed by atoms with E-state index in [4.69, 9.17) is 9.26 Å². The van der Waals surface area contributed by atoms with Crippen molar-refractivity contribution in [3.8, 4) is 11.3 Å². The van der Waals surface area contributed by atoms with E-state index in [1.807, 2.05) is 39.8 Å². The Morgan fingerprint density at radius 3 is 2.55 bits per heavy atom. The quantitative estimate of drug-likeness (QED) is 0.671. The summed E-state index contributed by atoms with van der Waals surface area (Å²) < 4.78 is 12.6. The molecule has 0 unspecified atom stereocenters. The lowest BCUT2D eigenvalue weighted by Crippen LogP contribution is -2.46. The van der Waals surface area contributed by atoms with Gasteiger partial charge in [0, 0.05) is 42.2 Å². The first kappa shape index (κ1) is 19.3. The second-order valence-corrected chi connectivity index (χ2v) is 7.63. The molecule has 1 fully saturated rings. The molecule has 8 heteroatoms. The first-order valence-corrected chi connectivity index (χ1v) is 9.76. The van der Waals surface area contributed by atoms with Gasteiger partial charge in [-0.15, -0.1) is 0 Å². The summed E-state index contributed by atoms with van der Waals surface area (Å²) in [6.45, 7) is 9.60. The van der Waals surface area contributed by atoms with Gasteiger partial charge in [-0.05, 0) is 39.8 Å². The molecule has 0 aromatic carbocycles. The number of pyridine rings is 1. The molecular formula is C21H25N5O3. The lowest BCUT2D eigenvalue weighted by Gasteiger charge is -2.36. The molecule has 0 bridgehead atoms. The molecule has 4 rings (SSSR count). The van der Waals surface area contributed by atoms with Crippen molar-refractivity contribution in [2.45, 2.75) is 46.4 Å². The van der Waals surface area contributed by atoms with E-state index in [9.17, 15) is 4.79 Å². The summed E-state index contributed by atoms with van der Waals surface area (Å²) in [5.74, 6) is 0.661. The molecule has 4 heterocycles. The van der Waals surface area contributed by atoms with Gasteiger partial charge >= 0.3 is 0 Å². The van der Waals surface area contributed by atoms with Crippen LogP contribution in [-0.4, -0.2) is 45.2 Å². The number of rotatable bonds is 4. The number of aromatic nitrogens is 4. The number of anilines is 1. The van der Waals surface area contributed by atoms with Crippen molar-refractivity contribution in [2.75, 3.05) is 18.0 Å². The highest BCUT2D eigenvalue weighted by Crippen LogP contribution is 2.25. The van der Waals surface area contributed by atoms with Crippen molar-refractivity contribution in [2.24, 2.45) is 0 Å². The minimum atomic E-state index is -0.164. The van der Waals surface area contributed by atoms with E-state index in [0.29, 0.717) is 11.5 Å². The van der Waals surface area contributed by atoms with Crippen LogP contribution in [0.5, 0.6) is 0 Å². The van der Waals surface area contributed by atoms with Gasteiger partial charge in [0.2, 0.25) is 0 Å². The van der Waals surface area contributed by atoms with E-state index in [1.165, 1.54) is 4.68 Å². The van der Waals surface area contributed by atoms with Crippen molar-refractivity contribution in [1.82, 2.24) is 19.9 Å². The Kier molecular flexibility index (Phi) is 5.19. The predicted molar refractivity (Wildman–Crippen MR) is 109 cm³/mol. The largest absolute Gasteiger partial charge is 0.372 e. The van der Waals surface area contributed by atoms with Gasteiger partial charge in [-0.3, -0.25) is 9.78 Å². The van der Waals surface area contributed by atoms with Crippen LogP contribution < -0.4 is 10.5 Å². The predicted octanol–water partition coefficient (Wildman–Crippen LogP) is 2.57. The van der Waals surface area contributed by atoms with Crippen molar-refractivity contribution in [3.05, 3.63) is 58.0 Å². The number of ether oxygens (including phenoxy) is 1. The molecule has 3 aromatic rings. The lowest BCUT2D eigenvalue weighted by atomic mass is 10.1. The zero-order valence-corrected chi connectivity index (χ0v) is 17.1. The van der Waals surface area contributed by atoms with Gasteiger partial charge in [-0.1, -0.05) is 5.16 Å². The van der Waals surface area contributed by atoms with E-state index in [-0.39, 0.29) is 24.3 Å². The van der Waals surface area contributed by atoms with Crippen LogP contribution >= 0.6 is 0 Å². The van der Waals surface area contributed by atoms with E-state index in [1.54, 1.807) is 18.5 Å². The van der Waals surface area contributed by atoms with Crippen molar-refractivity contribution >= 4 is 5.69 Å². The first-order chi connectivity index (χ1) is 13.9. The molecule has 152 valence electrons. The Morgan fingerprint density at radius 2 is 1.90 bits per heavy atom. The minimum absolute atomic E-state index is 0.117. The molecule has 1 aliphatic heterocycles. The summed E-state index contributed by atoms with van der Waals surface area (Å²) in [5.41, 5.74) is 3.94. The molecule has 0 saturated carbocycles. The highest BCUT2D eigenvalue weighted by Gasteiger charge is 2.23. The molecular weight excluding hydrogens is 370 g/mol. The van der Waals surface area contributed by atoms with E-state index < -0.39 is 0 Å². The molecule has 29 heavy (non-hydrogen) atoms. The monoisotopic (exact) mass is 395 g/mol. The van der Waals surface area contributed by atoms with Crippen LogP contribution in [0.1, 0.15) is 30.9 Å². The highest BCUT2D eigenvalue weighted by molar-refractivity contribution is 5.62. The van der Waals surface area contributed by atoms with Crippen LogP contribution in [-0.2, 0) is 11.3 Å². The molecule has 0 N–H and O–H groups in total. The number of morpholine rings is 1. The SMILES string of the molecule is Cc1ccc(-c2noc(C)c2Cn2ncc(N3C[C@H](C)O[C@@H](C)C3)cc2=O)cn1. The zero-order chi connectivity index (χ0) is 20.5. The van der Waals surface area contributed by atoms with Crippen molar-refractivity contribution < 1.29 is 9.26 Å². The second kappa shape index (κ2) is 7.79. The summed E-state index contributed by atoms with van der Waals surface area (Å²) in [5, 5.41) is 8.57. The third-order valence-electron chi connectivity index (χ3n) is 5.12. The normalized spacial score (nSPS) is 19.5. The molecule has 0 aliphatic carbocycles. The van der Waals surface area contributed by atoms with E-state index >= 15 is 0 Å². The third-order valence-corrected chi connectivity index (χ3v) is 5.12. The molecule has 0 radical (unpaired) electrons. The summed E-state index contributed by atoms with van der Waals surface area (Å²) >= 11 is 0. The molecule has 0 amide bonds. The zero-order valence-electron chi connectivity index (χ0n) is 17.1. The van der Waals surface area contributed by atoms with Gasteiger partial charge in [-0.2, -0.15) is 5.10 Å². The average Bonchev–Trinajstić information content (AvgIpc) is 3.04. The van der Waals surface area contributed by atoms with Crippen LogP contribution in [0.4, 0.5) is 5.69 Å². The van der Waals surface area contributed by atoms with Gasteiger partial charge in [0.15, 0.2) is 0 Å². The lowest BCUT2D eigenvalue weighted by molar-refractivity contribution is -0.00525. The molecule has 0 spiro atoms. The summed E-state index contributed by atoms with van der Waals surface area (Å²) in [4.78, 5) is 19.2. The smallest absolute Gasteiger partial charge is 0.269 e. The number of hydrogen-bond donors (Lipinski definition) is 0. The summed E-state index contributed by atoms with van der Waals surface area (Å²) in [7, 11) is 0. The van der Waals surface area contributed by atoms with Gasteiger partial charge in [0.05, 0.1) is 30.6 Å². The van der Waals surface area contributed by atoms with Gasteiger partial charge in [-0.25, -0.2) is 4.68 Å². The highest BCUT2D eigenvalue weighted by atomic mass is 16.5. The molecule has 3 aromatic heterocycles. The fraction of sp³-hybridized carbons (Fsp3) is 0.429. The second-order valence-electron chi connectivity index (χ2n) is 7.63.